The fraction of sp³-hybridized carbons (Fsp3) is 0.833. The smallest absolute Gasteiger partial charge is 0.147 e. The Balaban J connectivity index is 2.15. The maximum absolute atomic E-state index is 9.84. The molecule has 0 aromatic carbocycles. The van der Waals surface area contributed by atoms with E-state index in [9.17, 15) is 5.11 Å². The van der Waals surface area contributed by atoms with Crippen molar-refractivity contribution in [3.63, 3.8) is 0 Å². The van der Waals surface area contributed by atoms with Crippen molar-refractivity contribution in [3.05, 3.63) is 12.2 Å². The van der Waals surface area contributed by atoms with Crippen LogP contribution in [0.25, 0.3) is 0 Å². The Morgan fingerprint density at radius 2 is 1.94 bits per heavy atom. The van der Waals surface area contributed by atoms with E-state index in [0.29, 0.717) is 13.2 Å². The average molecular weight is 230 g/mol. The molecule has 1 aliphatic carbocycles. The van der Waals surface area contributed by atoms with Gasteiger partial charge in [0.25, 0.3) is 0 Å². The predicted molar refractivity (Wildman–Crippen MR) is 61.2 cm³/mol. The summed E-state index contributed by atoms with van der Waals surface area (Å²) in [4.78, 5) is 0. The molecule has 16 heavy (non-hydrogen) atoms. The fourth-order valence-corrected chi connectivity index (χ4v) is 1.67. The van der Waals surface area contributed by atoms with Gasteiger partial charge in [-0.1, -0.05) is 12.2 Å². The summed E-state index contributed by atoms with van der Waals surface area (Å²) in [5.41, 5.74) is 0. The van der Waals surface area contributed by atoms with Gasteiger partial charge in [0.15, 0.2) is 0 Å². The maximum atomic E-state index is 9.84. The van der Waals surface area contributed by atoms with Crippen molar-refractivity contribution in [2.24, 2.45) is 0 Å². The molecular weight excluding hydrogens is 208 g/mol. The SMILES string of the molecule is COCCOCO[C@H]1CC/C=C\CC[C@@H]1O. The summed E-state index contributed by atoms with van der Waals surface area (Å²) in [6.45, 7) is 1.33. The quantitative estimate of drug-likeness (QED) is 0.426. The first-order chi connectivity index (χ1) is 7.84. The molecule has 0 unspecified atom stereocenters. The summed E-state index contributed by atoms with van der Waals surface area (Å²) in [7, 11) is 1.63. The van der Waals surface area contributed by atoms with E-state index in [2.05, 4.69) is 12.2 Å². The van der Waals surface area contributed by atoms with Gasteiger partial charge < -0.3 is 19.3 Å². The lowest BCUT2D eigenvalue weighted by atomic mass is 10.0. The molecule has 0 amide bonds. The zero-order chi connectivity index (χ0) is 11.6. The molecule has 0 radical (unpaired) electrons. The summed E-state index contributed by atoms with van der Waals surface area (Å²) in [6, 6.07) is 0. The topological polar surface area (TPSA) is 47.9 Å². The third-order valence-corrected chi connectivity index (χ3v) is 2.64. The lowest BCUT2D eigenvalue weighted by molar-refractivity contribution is -0.132. The minimum Gasteiger partial charge on any atom is -0.390 e. The molecule has 0 heterocycles. The van der Waals surface area contributed by atoms with E-state index in [1.165, 1.54) is 0 Å². The normalized spacial score (nSPS) is 28.4. The van der Waals surface area contributed by atoms with Gasteiger partial charge in [0.2, 0.25) is 0 Å². The van der Waals surface area contributed by atoms with Crippen LogP contribution in [-0.2, 0) is 14.2 Å². The molecule has 94 valence electrons. The molecule has 0 saturated carbocycles. The monoisotopic (exact) mass is 230 g/mol. The standard InChI is InChI=1S/C12H22O4/c1-14-8-9-15-10-16-12-7-5-3-2-4-6-11(12)13/h2-3,11-13H,4-10H2,1H3/b3-2-/t11-,12-/m0/s1. The Morgan fingerprint density at radius 3 is 2.69 bits per heavy atom. The molecule has 4 nitrogen and oxygen atoms in total. The summed E-state index contributed by atoms with van der Waals surface area (Å²) in [6.07, 6.45) is 7.28. The number of hydrogen-bond donors (Lipinski definition) is 1. The van der Waals surface area contributed by atoms with Crippen LogP contribution in [0.2, 0.25) is 0 Å². The molecule has 0 aliphatic heterocycles. The van der Waals surface area contributed by atoms with Crippen LogP contribution in [0.15, 0.2) is 12.2 Å². The van der Waals surface area contributed by atoms with Gasteiger partial charge >= 0.3 is 0 Å². The predicted octanol–water partition coefficient (Wildman–Crippen LogP) is 1.48. The Kier molecular flexibility index (Phi) is 7.42. The Bertz CT molecular complexity index is 193. The number of rotatable bonds is 6. The maximum Gasteiger partial charge on any atom is 0.147 e. The van der Waals surface area contributed by atoms with Gasteiger partial charge in [0.1, 0.15) is 6.79 Å². The zero-order valence-electron chi connectivity index (χ0n) is 9.93. The minimum absolute atomic E-state index is 0.104. The Morgan fingerprint density at radius 1 is 1.19 bits per heavy atom. The molecule has 4 heteroatoms. The van der Waals surface area contributed by atoms with Gasteiger partial charge in [-0.25, -0.2) is 0 Å². The van der Waals surface area contributed by atoms with Gasteiger partial charge in [-0.3, -0.25) is 0 Å². The van der Waals surface area contributed by atoms with Crippen molar-refractivity contribution in [2.75, 3.05) is 27.1 Å². The second-order valence-corrected chi connectivity index (χ2v) is 3.92. The van der Waals surface area contributed by atoms with Gasteiger partial charge in [-0.15, -0.1) is 0 Å². The molecule has 1 rings (SSSR count). The number of methoxy groups -OCH3 is 1. The van der Waals surface area contributed by atoms with Gasteiger partial charge in [0.05, 0.1) is 25.4 Å². The number of ether oxygens (including phenoxy) is 3. The van der Waals surface area contributed by atoms with Crippen LogP contribution in [0.4, 0.5) is 0 Å². The fourth-order valence-electron chi connectivity index (χ4n) is 1.67. The average Bonchev–Trinajstić information content (AvgIpc) is 2.27. The van der Waals surface area contributed by atoms with Crippen molar-refractivity contribution >= 4 is 0 Å². The number of aliphatic hydroxyl groups excluding tert-OH is 1. The van der Waals surface area contributed by atoms with Crippen molar-refractivity contribution < 1.29 is 19.3 Å². The third-order valence-electron chi connectivity index (χ3n) is 2.64. The van der Waals surface area contributed by atoms with Crippen molar-refractivity contribution in [3.8, 4) is 0 Å². The van der Waals surface area contributed by atoms with E-state index in [1.807, 2.05) is 0 Å². The second kappa shape index (κ2) is 8.70. The van der Waals surface area contributed by atoms with Crippen LogP contribution in [0.5, 0.6) is 0 Å². The second-order valence-electron chi connectivity index (χ2n) is 3.92. The number of hydrogen-bond acceptors (Lipinski definition) is 4. The molecule has 0 aromatic heterocycles. The molecule has 0 fully saturated rings. The molecular formula is C12H22O4. The van der Waals surface area contributed by atoms with Crippen LogP contribution >= 0.6 is 0 Å². The van der Waals surface area contributed by atoms with Crippen LogP contribution in [0.3, 0.4) is 0 Å². The highest BCUT2D eigenvalue weighted by Gasteiger charge is 2.19. The van der Waals surface area contributed by atoms with E-state index >= 15 is 0 Å². The van der Waals surface area contributed by atoms with E-state index in [-0.39, 0.29) is 19.0 Å². The lowest BCUT2D eigenvalue weighted by Crippen LogP contribution is -2.30. The van der Waals surface area contributed by atoms with E-state index < -0.39 is 0 Å². The Hall–Kier alpha value is -0.420. The van der Waals surface area contributed by atoms with E-state index in [1.54, 1.807) is 7.11 Å². The van der Waals surface area contributed by atoms with Gasteiger partial charge in [0, 0.05) is 7.11 Å². The van der Waals surface area contributed by atoms with Crippen molar-refractivity contribution in [1.29, 1.82) is 0 Å². The van der Waals surface area contributed by atoms with Crippen molar-refractivity contribution in [2.45, 2.75) is 37.9 Å². The largest absolute Gasteiger partial charge is 0.390 e. The first kappa shape index (κ1) is 13.6. The summed E-state index contributed by atoms with van der Waals surface area (Å²) < 4.78 is 15.6. The summed E-state index contributed by atoms with van der Waals surface area (Å²) in [5.74, 6) is 0. The highest BCUT2D eigenvalue weighted by molar-refractivity contribution is 4.88. The summed E-state index contributed by atoms with van der Waals surface area (Å²) >= 11 is 0. The molecule has 0 aromatic rings. The molecule has 1 N–H and O–H groups in total. The highest BCUT2D eigenvalue weighted by Crippen LogP contribution is 2.16. The zero-order valence-corrected chi connectivity index (χ0v) is 9.93. The van der Waals surface area contributed by atoms with Crippen molar-refractivity contribution in [1.82, 2.24) is 0 Å². The molecule has 1 aliphatic rings. The lowest BCUT2D eigenvalue weighted by Gasteiger charge is -2.23. The van der Waals surface area contributed by atoms with Gasteiger partial charge in [-0.2, -0.15) is 0 Å². The van der Waals surface area contributed by atoms with E-state index in [4.69, 9.17) is 14.2 Å². The first-order valence-corrected chi connectivity index (χ1v) is 5.86. The molecule has 0 bridgehead atoms. The minimum atomic E-state index is -0.379. The van der Waals surface area contributed by atoms with Crippen LogP contribution in [-0.4, -0.2) is 44.4 Å². The van der Waals surface area contributed by atoms with Crippen LogP contribution < -0.4 is 0 Å². The Labute approximate surface area is 97.2 Å². The molecule has 0 spiro atoms. The van der Waals surface area contributed by atoms with Crippen LogP contribution in [0.1, 0.15) is 25.7 Å². The van der Waals surface area contributed by atoms with Gasteiger partial charge in [-0.05, 0) is 25.7 Å². The summed E-state index contributed by atoms with van der Waals surface area (Å²) in [5, 5.41) is 9.84. The van der Waals surface area contributed by atoms with Crippen LogP contribution in [0, 0.1) is 0 Å². The molecule has 0 saturated heterocycles. The number of allylic oxidation sites excluding steroid dienone is 2. The first-order valence-electron chi connectivity index (χ1n) is 5.86. The van der Waals surface area contributed by atoms with E-state index in [0.717, 1.165) is 25.7 Å². The third kappa shape index (κ3) is 5.61. The molecule has 2 atom stereocenters. The number of aliphatic hydroxyl groups is 1. The highest BCUT2D eigenvalue weighted by atomic mass is 16.7.